The maximum absolute atomic E-state index is 13.7. The summed E-state index contributed by atoms with van der Waals surface area (Å²) in [5, 5.41) is 0.676. The van der Waals surface area contributed by atoms with Crippen molar-refractivity contribution < 1.29 is 13.9 Å². The Morgan fingerprint density at radius 1 is 1.32 bits per heavy atom. The molecule has 0 saturated carbocycles. The highest BCUT2D eigenvalue weighted by Crippen LogP contribution is 2.31. The monoisotopic (exact) mass is 320 g/mol. The van der Waals surface area contributed by atoms with Gasteiger partial charge in [0.05, 0.1) is 17.1 Å². The number of rotatable bonds is 1. The molecule has 0 unspecified atom stereocenters. The Labute approximate surface area is 133 Å². The Hall–Kier alpha value is -1.66. The van der Waals surface area contributed by atoms with Gasteiger partial charge in [-0.05, 0) is 37.8 Å². The number of carbonyl (C=O) groups excluding carboxylic acids is 1. The molecular weight excluding hydrogens is 303 g/mol. The third-order valence-corrected chi connectivity index (χ3v) is 4.54. The zero-order chi connectivity index (χ0) is 15.7. The van der Waals surface area contributed by atoms with Crippen molar-refractivity contribution in [1.29, 1.82) is 0 Å². The number of halogens is 1. The number of carbonyl (C=O) groups is 1. The lowest BCUT2D eigenvalue weighted by Gasteiger charge is -2.35. The number of hydrogen-bond acceptors (Lipinski definition) is 4. The minimum absolute atomic E-state index is 0.0988. The van der Waals surface area contributed by atoms with Crippen LogP contribution in [0.25, 0.3) is 6.08 Å². The highest BCUT2D eigenvalue weighted by atomic mass is 32.2. The van der Waals surface area contributed by atoms with Crippen molar-refractivity contribution in [3.8, 4) is 0 Å². The van der Waals surface area contributed by atoms with Crippen LogP contribution in [-0.4, -0.2) is 41.3 Å². The Balaban J connectivity index is 1.78. The van der Waals surface area contributed by atoms with E-state index < -0.39 is 0 Å². The molecule has 2 heterocycles. The normalized spacial score (nSPS) is 27.4. The van der Waals surface area contributed by atoms with Gasteiger partial charge in [0.1, 0.15) is 5.82 Å². The van der Waals surface area contributed by atoms with E-state index in [1.165, 1.54) is 17.8 Å². The van der Waals surface area contributed by atoms with Gasteiger partial charge in [-0.2, -0.15) is 4.99 Å². The number of nitrogens with zero attached hydrogens (tertiary/aromatic N) is 2. The van der Waals surface area contributed by atoms with Crippen LogP contribution in [0.3, 0.4) is 0 Å². The summed E-state index contributed by atoms with van der Waals surface area (Å²) in [7, 11) is 0. The van der Waals surface area contributed by atoms with Gasteiger partial charge in [0, 0.05) is 18.7 Å². The first kappa shape index (κ1) is 15.2. The van der Waals surface area contributed by atoms with E-state index >= 15 is 0 Å². The molecule has 0 N–H and O–H groups in total. The first-order valence-corrected chi connectivity index (χ1v) is 8.02. The molecule has 2 aliphatic rings. The van der Waals surface area contributed by atoms with E-state index in [4.69, 9.17) is 4.74 Å². The summed E-state index contributed by atoms with van der Waals surface area (Å²) < 4.78 is 19.4. The minimum Gasteiger partial charge on any atom is -0.372 e. The number of benzene rings is 1. The standard InChI is InChI=1S/C16H17FN2O2S/c1-10-8-19(9-11(2)21-10)16-18-15(20)14(22-16)7-12-5-3-4-6-13(12)17/h3-7,10-11H,8-9H2,1-2H3/b14-7+/t10-,11+. The largest absolute Gasteiger partial charge is 0.372 e. The van der Waals surface area contributed by atoms with Crippen LogP contribution in [0.1, 0.15) is 19.4 Å². The first-order valence-electron chi connectivity index (χ1n) is 7.20. The van der Waals surface area contributed by atoms with E-state index in [2.05, 4.69) is 9.89 Å². The molecule has 1 saturated heterocycles. The molecule has 116 valence electrons. The van der Waals surface area contributed by atoms with Crippen molar-refractivity contribution in [2.75, 3.05) is 13.1 Å². The average Bonchev–Trinajstić information content (AvgIpc) is 2.82. The molecule has 0 aliphatic carbocycles. The Morgan fingerprint density at radius 2 is 2.00 bits per heavy atom. The van der Waals surface area contributed by atoms with E-state index in [-0.39, 0.29) is 23.9 Å². The lowest BCUT2D eigenvalue weighted by molar-refractivity contribution is -0.113. The zero-order valence-electron chi connectivity index (χ0n) is 12.5. The van der Waals surface area contributed by atoms with Crippen LogP contribution in [0.15, 0.2) is 34.2 Å². The maximum Gasteiger partial charge on any atom is 0.286 e. The predicted molar refractivity (Wildman–Crippen MR) is 86.0 cm³/mol. The van der Waals surface area contributed by atoms with Crippen molar-refractivity contribution in [3.05, 3.63) is 40.6 Å². The first-order chi connectivity index (χ1) is 10.5. The predicted octanol–water partition coefficient (Wildman–Crippen LogP) is 2.91. The van der Waals surface area contributed by atoms with Gasteiger partial charge in [-0.25, -0.2) is 4.39 Å². The van der Waals surface area contributed by atoms with Crippen LogP contribution in [0, 0.1) is 5.82 Å². The lowest BCUT2D eigenvalue weighted by atomic mass is 10.2. The molecule has 0 radical (unpaired) electrons. The van der Waals surface area contributed by atoms with Crippen LogP contribution in [0.5, 0.6) is 0 Å². The van der Waals surface area contributed by atoms with Gasteiger partial charge in [-0.3, -0.25) is 4.79 Å². The summed E-state index contributed by atoms with van der Waals surface area (Å²) in [5.41, 5.74) is 0.401. The van der Waals surface area contributed by atoms with Gasteiger partial charge in [-0.1, -0.05) is 18.2 Å². The van der Waals surface area contributed by atoms with E-state index in [0.717, 1.165) is 0 Å². The van der Waals surface area contributed by atoms with Gasteiger partial charge >= 0.3 is 0 Å². The topological polar surface area (TPSA) is 41.9 Å². The van der Waals surface area contributed by atoms with E-state index in [1.807, 2.05) is 13.8 Å². The molecule has 1 amide bonds. The number of amidine groups is 1. The van der Waals surface area contributed by atoms with Crippen LogP contribution in [0.2, 0.25) is 0 Å². The average molecular weight is 320 g/mol. The number of amides is 1. The molecule has 1 aromatic carbocycles. The van der Waals surface area contributed by atoms with Crippen LogP contribution in [-0.2, 0) is 9.53 Å². The SMILES string of the molecule is C[C@@H]1CN(C2=NC(=O)/C(=C\c3ccccc3F)S2)C[C@H](C)O1. The second kappa shape index (κ2) is 6.22. The molecule has 3 rings (SSSR count). The fourth-order valence-electron chi connectivity index (χ4n) is 2.60. The molecule has 2 aliphatic heterocycles. The number of thioether (sulfide) groups is 1. The second-order valence-corrected chi connectivity index (χ2v) is 6.50. The molecule has 22 heavy (non-hydrogen) atoms. The summed E-state index contributed by atoms with van der Waals surface area (Å²) >= 11 is 1.30. The molecule has 0 spiro atoms. The maximum atomic E-state index is 13.7. The van der Waals surface area contributed by atoms with Gasteiger partial charge in [0.25, 0.3) is 5.91 Å². The van der Waals surface area contributed by atoms with Crippen molar-refractivity contribution in [1.82, 2.24) is 4.90 Å². The Morgan fingerprint density at radius 3 is 2.68 bits per heavy atom. The van der Waals surface area contributed by atoms with Crippen LogP contribution in [0.4, 0.5) is 4.39 Å². The summed E-state index contributed by atoms with van der Waals surface area (Å²) in [6.07, 6.45) is 1.76. The second-order valence-electron chi connectivity index (χ2n) is 5.49. The summed E-state index contributed by atoms with van der Waals surface area (Å²) in [6, 6.07) is 6.39. The van der Waals surface area contributed by atoms with Gasteiger partial charge in [-0.15, -0.1) is 0 Å². The molecule has 2 atom stereocenters. The minimum atomic E-state index is -0.342. The zero-order valence-corrected chi connectivity index (χ0v) is 13.3. The van der Waals surface area contributed by atoms with E-state index in [1.54, 1.807) is 24.3 Å². The van der Waals surface area contributed by atoms with E-state index in [0.29, 0.717) is 28.7 Å². The third kappa shape index (κ3) is 3.23. The third-order valence-electron chi connectivity index (χ3n) is 3.49. The Bertz CT molecular complexity index is 649. The van der Waals surface area contributed by atoms with Gasteiger partial charge in [0.15, 0.2) is 5.17 Å². The summed E-state index contributed by atoms with van der Waals surface area (Å²) in [4.78, 5) is 18.7. The lowest BCUT2D eigenvalue weighted by Crippen LogP contribution is -2.47. The quantitative estimate of drug-likeness (QED) is 0.746. The molecule has 1 aromatic rings. The molecular formula is C16H17FN2O2S. The smallest absolute Gasteiger partial charge is 0.286 e. The Kier molecular flexibility index (Phi) is 4.31. The van der Waals surface area contributed by atoms with Crippen LogP contribution < -0.4 is 0 Å². The molecule has 6 heteroatoms. The fraction of sp³-hybridized carbons (Fsp3) is 0.375. The molecule has 0 bridgehead atoms. The number of morpholine rings is 1. The number of ether oxygens (including phenoxy) is 1. The van der Waals surface area contributed by atoms with E-state index in [9.17, 15) is 9.18 Å². The van der Waals surface area contributed by atoms with Crippen LogP contribution >= 0.6 is 11.8 Å². The van der Waals surface area contributed by atoms with Gasteiger partial charge in [0.2, 0.25) is 0 Å². The molecule has 0 aromatic heterocycles. The number of hydrogen-bond donors (Lipinski definition) is 0. The summed E-state index contributed by atoms with van der Waals surface area (Å²) in [6.45, 7) is 5.41. The number of aliphatic imine (C=N–C) groups is 1. The summed E-state index contributed by atoms with van der Waals surface area (Å²) in [5.74, 6) is -0.652. The van der Waals surface area contributed by atoms with Crippen molar-refractivity contribution >= 4 is 28.9 Å². The molecule has 4 nitrogen and oxygen atoms in total. The fourth-order valence-corrected chi connectivity index (χ4v) is 3.52. The van der Waals surface area contributed by atoms with Crippen molar-refractivity contribution in [3.63, 3.8) is 0 Å². The van der Waals surface area contributed by atoms with Crippen molar-refractivity contribution in [2.24, 2.45) is 4.99 Å². The van der Waals surface area contributed by atoms with Crippen molar-refractivity contribution in [2.45, 2.75) is 26.1 Å². The van der Waals surface area contributed by atoms with Gasteiger partial charge < -0.3 is 9.64 Å². The molecule has 1 fully saturated rings. The highest BCUT2D eigenvalue weighted by Gasteiger charge is 2.31. The highest BCUT2D eigenvalue weighted by molar-refractivity contribution is 8.18.